The summed E-state index contributed by atoms with van der Waals surface area (Å²) in [4.78, 5) is 0. The average molecular weight is 176 g/mol. The minimum Gasteiger partial charge on any atom is -0.387 e. The van der Waals surface area contributed by atoms with E-state index in [0.29, 0.717) is 6.42 Å². The third-order valence-electron chi connectivity index (χ3n) is 2.29. The molecule has 2 N–H and O–H groups in total. The predicted molar refractivity (Wildman–Crippen MR) is 42.6 cm³/mol. The van der Waals surface area contributed by atoms with Crippen LogP contribution in [0.5, 0.6) is 0 Å². The van der Waals surface area contributed by atoms with Gasteiger partial charge in [0.15, 0.2) is 6.29 Å². The van der Waals surface area contributed by atoms with Crippen molar-refractivity contribution in [2.75, 3.05) is 7.11 Å². The minimum absolute atomic E-state index is 0.301. The van der Waals surface area contributed by atoms with Gasteiger partial charge in [0, 0.05) is 13.5 Å². The molecule has 1 aliphatic rings. The molecular formula is C8H16O4. The highest BCUT2D eigenvalue weighted by molar-refractivity contribution is 4.90. The van der Waals surface area contributed by atoms with Gasteiger partial charge in [0.25, 0.3) is 0 Å². The smallest absolute Gasteiger partial charge is 0.160 e. The molecule has 4 unspecified atom stereocenters. The third kappa shape index (κ3) is 1.77. The van der Waals surface area contributed by atoms with Crippen molar-refractivity contribution in [1.82, 2.24) is 0 Å². The van der Waals surface area contributed by atoms with E-state index in [1.54, 1.807) is 13.8 Å². The molecule has 72 valence electrons. The molecule has 4 atom stereocenters. The molecule has 12 heavy (non-hydrogen) atoms. The average Bonchev–Trinajstić information content (AvgIpc) is 1.99. The second-order valence-corrected chi connectivity index (χ2v) is 3.51. The quantitative estimate of drug-likeness (QED) is 0.584. The number of rotatable bonds is 1. The Morgan fingerprint density at radius 1 is 1.58 bits per heavy atom. The summed E-state index contributed by atoms with van der Waals surface area (Å²) in [6.07, 6.45) is -1.35. The molecule has 0 saturated carbocycles. The van der Waals surface area contributed by atoms with Gasteiger partial charge in [-0.25, -0.2) is 0 Å². The first-order valence-electron chi connectivity index (χ1n) is 4.06. The maximum atomic E-state index is 9.70. The van der Waals surface area contributed by atoms with Crippen LogP contribution in [0.25, 0.3) is 0 Å². The van der Waals surface area contributed by atoms with Crippen LogP contribution in [0.3, 0.4) is 0 Å². The maximum Gasteiger partial charge on any atom is 0.160 e. The molecule has 0 amide bonds. The number of methoxy groups -OCH3 is 1. The molecule has 0 aromatic carbocycles. The van der Waals surface area contributed by atoms with Gasteiger partial charge in [-0.05, 0) is 13.8 Å². The molecule has 0 aromatic rings. The number of hydrogen-bond acceptors (Lipinski definition) is 4. The Hall–Kier alpha value is -0.160. The summed E-state index contributed by atoms with van der Waals surface area (Å²) < 4.78 is 10.2. The summed E-state index contributed by atoms with van der Waals surface area (Å²) in [5.74, 6) is 0. The van der Waals surface area contributed by atoms with Gasteiger partial charge in [-0.3, -0.25) is 0 Å². The largest absolute Gasteiger partial charge is 0.387 e. The van der Waals surface area contributed by atoms with Gasteiger partial charge in [-0.2, -0.15) is 0 Å². The van der Waals surface area contributed by atoms with Crippen molar-refractivity contribution in [3.63, 3.8) is 0 Å². The fraction of sp³-hybridized carbons (Fsp3) is 1.00. The van der Waals surface area contributed by atoms with Crippen LogP contribution >= 0.6 is 0 Å². The summed E-state index contributed by atoms with van der Waals surface area (Å²) in [6, 6.07) is 0. The molecule has 4 nitrogen and oxygen atoms in total. The highest BCUT2D eigenvalue weighted by Crippen LogP contribution is 2.28. The van der Waals surface area contributed by atoms with E-state index >= 15 is 0 Å². The Balaban J connectivity index is 2.65. The fourth-order valence-corrected chi connectivity index (χ4v) is 1.46. The number of aliphatic hydroxyl groups excluding tert-OH is 1. The summed E-state index contributed by atoms with van der Waals surface area (Å²) in [5, 5.41) is 19.2. The lowest BCUT2D eigenvalue weighted by molar-refractivity contribution is -0.264. The Morgan fingerprint density at radius 3 is 2.58 bits per heavy atom. The monoisotopic (exact) mass is 176 g/mol. The second-order valence-electron chi connectivity index (χ2n) is 3.51. The second kappa shape index (κ2) is 3.30. The molecule has 1 rings (SSSR count). The maximum absolute atomic E-state index is 9.70. The molecule has 1 heterocycles. The van der Waals surface area contributed by atoms with Crippen molar-refractivity contribution in [1.29, 1.82) is 0 Å². The normalized spacial score (nSPS) is 49.2. The molecular weight excluding hydrogens is 160 g/mol. The summed E-state index contributed by atoms with van der Waals surface area (Å²) in [7, 11) is 1.52. The molecule has 0 aliphatic carbocycles. The van der Waals surface area contributed by atoms with Crippen LogP contribution in [0, 0.1) is 0 Å². The Morgan fingerprint density at radius 2 is 2.17 bits per heavy atom. The van der Waals surface area contributed by atoms with Crippen LogP contribution in [0.15, 0.2) is 0 Å². The van der Waals surface area contributed by atoms with Crippen LogP contribution in [0.1, 0.15) is 20.3 Å². The van der Waals surface area contributed by atoms with E-state index < -0.39 is 24.1 Å². The third-order valence-corrected chi connectivity index (χ3v) is 2.29. The van der Waals surface area contributed by atoms with E-state index in [1.165, 1.54) is 7.11 Å². The van der Waals surface area contributed by atoms with Gasteiger partial charge in [0.05, 0.1) is 11.7 Å². The van der Waals surface area contributed by atoms with E-state index in [1.807, 2.05) is 0 Å². The Labute approximate surface area is 72.1 Å². The zero-order valence-electron chi connectivity index (χ0n) is 7.65. The van der Waals surface area contributed by atoms with Crippen LogP contribution in [0.2, 0.25) is 0 Å². The van der Waals surface area contributed by atoms with Gasteiger partial charge < -0.3 is 19.7 Å². The van der Waals surface area contributed by atoms with Crippen molar-refractivity contribution in [2.24, 2.45) is 0 Å². The van der Waals surface area contributed by atoms with Gasteiger partial charge in [-0.1, -0.05) is 0 Å². The number of hydrogen-bond donors (Lipinski definition) is 2. The van der Waals surface area contributed by atoms with Crippen molar-refractivity contribution >= 4 is 0 Å². The lowest BCUT2D eigenvalue weighted by Gasteiger charge is -2.41. The lowest BCUT2D eigenvalue weighted by atomic mass is 9.89. The van der Waals surface area contributed by atoms with E-state index in [-0.39, 0.29) is 0 Å². The van der Waals surface area contributed by atoms with Crippen LogP contribution in [0.4, 0.5) is 0 Å². The van der Waals surface area contributed by atoms with Crippen LogP contribution < -0.4 is 0 Å². The SMILES string of the molecule is COC1CC(C)(O)C(O)C(C)O1. The number of aliphatic hydroxyl groups is 2. The van der Waals surface area contributed by atoms with Crippen LogP contribution in [-0.2, 0) is 9.47 Å². The minimum atomic E-state index is -1.11. The summed E-state index contributed by atoms with van der Waals surface area (Å²) >= 11 is 0. The standard InChI is InChI=1S/C8H16O4/c1-5-7(9)8(2,10)4-6(11-3)12-5/h5-7,9-10H,4H2,1-3H3. The summed E-state index contributed by atoms with van der Waals surface area (Å²) in [6.45, 7) is 3.30. The van der Waals surface area contributed by atoms with Gasteiger partial charge in [-0.15, -0.1) is 0 Å². The molecule has 0 bridgehead atoms. The molecule has 1 saturated heterocycles. The first kappa shape index (κ1) is 9.92. The Bertz CT molecular complexity index is 157. The highest BCUT2D eigenvalue weighted by Gasteiger charge is 2.43. The molecule has 1 fully saturated rings. The first-order chi connectivity index (χ1) is 5.47. The summed E-state index contributed by atoms with van der Waals surface area (Å²) in [5.41, 5.74) is -1.11. The first-order valence-corrected chi connectivity index (χ1v) is 4.06. The fourth-order valence-electron chi connectivity index (χ4n) is 1.46. The van der Waals surface area contributed by atoms with Gasteiger partial charge in [0.1, 0.15) is 6.10 Å². The van der Waals surface area contributed by atoms with Crippen LogP contribution in [-0.4, -0.2) is 41.4 Å². The molecule has 0 spiro atoms. The Kier molecular flexibility index (Phi) is 2.73. The molecule has 0 radical (unpaired) electrons. The van der Waals surface area contributed by atoms with Crippen molar-refractivity contribution < 1.29 is 19.7 Å². The van der Waals surface area contributed by atoms with Crippen molar-refractivity contribution in [3.05, 3.63) is 0 Å². The molecule has 0 aromatic heterocycles. The predicted octanol–water partition coefficient (Wildman–Crippen LogP) is -0.120. The highest BCUT2D eigenvalue weighted by atomic mass is 16.7. The van der Waals surface area contributed by atoms with Crippen molar-refractivity contribution in [3.8, 4) is 0 Å². The zero-order valence-corrected chi connectivity index (χ0v) is 7.65. The van der Waals surface area contributed by atoms with E-state index in [4.69, 9.17) is 9.47 Å². The van der Waals surface area contributed by atoms with Gasteiger partial charge >= 0.3 is 0 Å². The van der Waals surface area contributed by atoms with E-state index in [2.05, 4.69) is 0 Å². The topological polar surface area (TPSA) is 58.9 Å². The van der Waals surface area contributed by atoms with Crippen molar-refractivity contribution in [2.45, 2.75) is 44.4 Å². The van der Waals surface area contributed by atoms with E-state index in [9.17, 15) is 10.2 Å². The van der Waals surface area contributed by atoms with E-state index in [0.717, 1.165) is 0 Å². The van der Waals surface area contributed by atoms with Gasteiger partial charge in [0.2, 0.25) is 0 Å². The zero-order chi connectivity index (χ0) is 9.35. The number of ether oxygens (including phenoxy) is 2. The molecule has 1 aliphatic heterocycles. The lowest BCUT2D eigenvalue weighted by Crippen LogP contribution is -2.54. The molecule has 4 heteroatoms.